The van der Waals surface area contributed by atoms with Crippen LogP contribution in [0.4, 0.5) is 5.82 Å². The maximum atomic E-state index is 9.03. The SMILES string of the molecule is N#Cc1cccc(-c2cncnc2NCc2ccccc2)c1. The molecule has 3 aromatic rings. The number of nitriles is 1. The van der Waals surface area contributed by atoms with Gasteiger partial charge in [-0.1, -0.05) is 42.5 Å². The van der Waals surface area contributed by atoms with Gasteiger partial charge in [0, 0.05) is 18.3 Å². The molecule has 4 heteroatoms. The molecule has 0 saturated carbocycles. The van der Waals surface area contributed by atoms with E-state index in [4.69, 9.17) is 5.26 Å². The maximum absolute atomic E-state index is 9.03. The molecule has 0 saturated heterocycles. The lowest BCUT2D eigenvalue weighted by Gasteiger charge is -2.10. The molecule has 3 rings (SSSR count). The predicted molar refractivity (Wildman–Crippen MR) is 86.0 cm³/mol. The third-order valence-electron chi connectivity index (χ3n) is 3.32. The van der Waals surface area contributed by atoms with Gasteiger partial charge in [0.25, 0.3) is 0 Å². The average Bonchev–Trinajstić information content (AvgIpc) is 2.61. The Kier molecular flexibility index (Phi) is 4.08. The number of hydrogen-bond acceptors (Lipinski definition) is 4. The Labute approximate surface area is 129 Å². The zero-order valence-electron chi connectivity index (χ0n) is 11.9. The minimum absolute atomic E-state index is 0.621. The number of hydrogen-bond donors (Lipinski definition) is 1. The highest BCUT2D eigenvalue weighted by molar-refractivity contribution is 5.75. The molecule has 0 radical (unpaired) electrons. The second-order valence-electron chi connectivity index (χ2n) is 4.82. The number of benzene rings is 2. The Morgan fingerprint density at radius 1 is 1.05 bits per heavy atom. The molecule has 0 spiro atoms. The third-order valence-corrected chi connectivity index (χ3v) is 3.32. The second kappa shape index (κ2) is 6.51. The van der Waals surface area contributed by atoms with Crippen molar-refractivity contribution in [3.8, 4) is 17.2 Å². The first-order valence-corrected chi connectivity index (χ1v) is 6.95. The van der Waals surface area contributed by atoms with E-state index in [1.807, 2.05) is 36.4 Å². The van der Waals surface area contributed by atoms with Gasteiger partial charge >= 0.3 is 0 Å². The Morgan fingerprint density at radius 2 is 1.91 bits per heavy atom. The van der Waals surface area contributed by atoms with Crippen LogP contribution in [0, 0.1) is 11.3 Å². The van der Waals surface area contributed by atoms with Crippen molar-refractivity contribution in [2.24, 2.45) is 0 Å². The van der Waals surface area contributed by atoms with Gasteiger partial charge in [0.05, 0.1) is 11.6 Å². The van der Waals surface area contributed by atoms with Crippen molar-refractivity contribution in [3.63, 3.8) is 0 Å². The van der Waals surface area contributed by atoms with Crippen molar-refractivity contribution in [2.75, 3.05) is 5.32 Å². The van der Waals surface area contributed by atoms with Gasteiger partial charge in [-0.15, -0.1) is 0 Å². The number of nitrogens with one attached hydrogen (secondary N) is 1. The van der Waals surface area contributed by atoms with Gasteiger partial charge in [-0.3, -0.25) is 0 Å². The average molecular weight is 286 g/mol. The molecule has 2 aromatic carbocycles. The summed E-state index contributed by atoms with van der Waals surface area (Å²) < 4.78 is 0. The van der Waals surface area contributed by atoms with Gasteiger partial charge < -0.3 is 5.32 Å². The van der Waals surface area contributed by atoms with E-state index in [0.717, 1.165) is 16.9 Å². The van der Waals surface area contributed by atoms with Crippen molar-refractivity contribution < 1.29 is 0 Å². The molecule has 106 valence electrons. The number of nitrogens with zero attached hydrogens (tertiary/aromatic N) is 3. The first-order valence-electron chi connectivity index (χ1n) is 6.95. The third kappa shape index (κ3) is 3.10. The molecule has 0 aliphatic carbocycles. The summed E-state index contributed by atoms with van der Waals surface area (Å²) in [5.74, 6) is 0.758. The molecular formula is C18H14N4. The summed E-state index contributed by atoms with van der Waals surface area (Å²) in [4.78, 5) is 8.42. The van der Waals surface area contributed by atoms with E-state index in [1.165, 1.54) is 11.9 Å². The highest BCUT2D eigenvalue weighted by atomic mass is 15.0. The summed E-state index contributed by atoms with van der Waals surface area (Å²) >= 11 is 0. The summed E-state index contributed by atoms with van der Waals surface area (Å²) in [5.41, 5.74) is 3.61. The van der Waals surface area contributed by atoms with E-state index in [9.17, 15) is 0 Å². The number of aromatic nitrogens is 2. The fraction of sp³-hybridized carbons (Fsp3) is 0.0556. The largest absolute Gasteiger partial charge is 0.365 e. The standard InChI is InChI=1S/C18H14N4/c19-10-15-7-4-8-16(9-15)17-12-20-13-22-18(17)21-11-14-5-2-1-3-6-14/h1-9,12-13H,11H2,(H,20,21,22). The van der Waals surface area contributed by atoms with Crippen LogP contribution in [0.1, 0.15) is 11.1 Å². The second-order valence-corrected chi connectivity index (χ2v) is 4.82. The van der Waals surface area contributed by atoms with Gasteiger partial charge in [0.1, 0.15) is 12.1 Å². The molecule has 0 aliphatic heterocycles. The zero-order chi connectivity index (χ0) is 15.2. The fourth-order valence-electron chi connectivity index (χ4n) is 2.22. The molecule has 0 unspecified atom stereocenters. The first kappa shape index (κ1) is 13.8. The Hall–Kier alpha value is -3.19. The molecule has 0 bridgehead atoms. The molecule has 0 atom stereocenters. The van der Waals surface area contributed by atoms with Crippen LogP contribution in [0.2, 0.25) is 0 Å². The van der Waals surface area contributed by atoms with Crippen LogP contribution in [-0.2, 0) is 6.54 Å². The van der Waals surface area contributed by atoms with E-state index in [0.29, 0.717) is 12.1 Å². The van der Waals surface area contributed by atoms with Gasteiger partial charge in [-0.25, -0.2) is 9.97 Å². The summed E-state index contributed by atoms with van der Waals surface area (Å²) in [6.45, 7) is 0.683. The summed E-state index contributed by atoms with van der Waals surface area (Å²) in [6.07, 6.45) is 3.28. The fourth-order valence-corrected chi connectivity index (χ4v) is 2.22. The number of rotatable bonds is 4. The van der Waals surface area contributed by atoms with Crippen LogP contribution >= 0.6 is 0 Å². The van der Waals surface area contributed by atoms with E-state index in [-0.39, 0.29) is 0 Å². The molecular weight excluding hydrogens is 272 g/mol. The predicted octanol–water partition coefficient (Wildman–Crippen LogP) is 3.63. The Bertz CT molecular complexity index is 807. The topological polar surface area (TPSA) is 61.6 Å². The molecule has 1 N–H and O–H groups in total. The summed E-state index contributed by atoms with van der Waals surface area (Å²) in [5, 5.41) is 12.4. The minimum atomic E-state index is 0.621. The zero-order valence-corrected chi connectivity index (χ0v) is 11.9. The van der Waals surface area contributed by atoms with Gasteiger partial charge in [0.15, 0.2) is 0 Å². The van der Waals surface area contributed by atoms with Crippen molar-refractivity contribution in [3.05, 3.63) is 78.2 Å². The van der Waals surface area contributed by atoms with Gasteiger partial charge in [-0.05, 0) is 23.3 Å². The van der Waals surface area contributed by atoms with Crippen molar-refractivity contribution in [1.82, 2.24) is 9.97 Å². The van der Waals surface area contributed by atoms with Crippen LogP contribution in [0.3, 0.4) is 0 Å². The Morgan fingerprint density at radius 3 is 2.73 bits per heavy atom. The minimum Gasteiger partial charge on any atom is -0.365 e. The van der Waals surface area contributed by atoms with Crippen LogP contribution in [-0.4, -0.2) is 9.97 Å². The summed E-state index contributed by atoms with van der Waals surface area (Å²) in [6, 6.07) is 19.7. The molecule has 0 fully saturated rings. The lowest BCUT2D eigenvalue weighted by Crippen LogP contribution is -2.03. The Balaban J connectivity index is 1.88. The smallest absolute Gasteiger partial charge is 0.137 e. The molecule has 0 amide bonds. The van der Waals surface area contributed by atoms with E-state index in [2.05, 4.69) is 33.5 Å². The van der Waals surface area contributed by atoms with Crippen LogP contribution in [0.25, 0.3) is 11.1 Å². The molecule has 1 aromatic heterocycles. The molecule has 22 heavy (non-hydrogen) atoms. The van der Waals surface area contributed by atoms with Crippen molar-refractivity contribution in [2.45, 2.75) is 6.54 Å². The van der Waals surface area contributed by atoms with Crippen LogP contribution in [0.15, 0.2) is 67.1 Å². The van der Waals surface area contributed by atoms with Crippen LogP contribution < -0.4 is 5.32 Å². The monoisotopic (exact) mass is 286 g/mol. The van der Waals surface area contributed by atoms with E-state index in [1.54, 1.807) is 12.3 Å². The quantitative estimate of drug-likeness (QED) is 0.795. The van der Waals surface area contributed by atoms with Crippen LogP contribution in [0.5, 0.6) is 0 Å². The van der Waals surface area contributed by atoms with Crippen molar-refractivity contribution >= 4 is 5.82 Å². The number of anilines is 1. The summed E-state index contributed by atoms with van der Waals surface area (Å²) in [7, 11) is 0. The molecule has 0 aliphatic rings. The van der Waals surface area contributed by atoms with Crippen molar-refractivity contribution in [1.29, 1.82) is 5.26 Å². The lowest BCUT2D eigenvalue weighted by atomic mass is 10.1. The van der Waals surface area contributed by atoms with E-state index >= 15 is 0 Å². The van der Waals surface area contributed by atoms with E-state index < -0.39 is 0 Å². The highest BCUT2D eigenvalue weighted by Crippen LogP contribution is 2.26. The van der Waals surface area contributed by atoms with Gasteiger partial charge in [0.2, 0.25) is 0 Å². The normalized spacial score (nSPS) is 9.95. The first-order chi connectivity index (χ1) is 10.9. The maximum Gasteiger partial charge on any atom is 0.137 e. The lowest BCUT2D eigenvalue weighted by molar-refractivity contribution is 1.08. The highest BCUT2D eigenvalue weighted by Gasteiger charge is 2.07. The van der Waals surface area contributed by atoms with Gasteiger partial charge in [-0.2, -0.15) is 5.26 Å². The molecule has 1 heterocycles. The molecule has 4 nitrogen and oxygen atoms in total.